The highest BCUT2D eigenvalue weighted by molar-refractivity contribution is 7.99. The fourth-order valence-electron chi connectivity index (χ4n) is 2.53. The van der Waals surface area contributed by atoms with E-state index in [1.165, 1.54) is 11.8 Å². The molecular formula is C19H13Cl2N3O3S. The molecule has 0 saturated carbocycles. The van der Waals surface area contributed by atoms with Gasteiger partial charge in [-0.05, 0) is 48.5 Å². The fraction of sp³-hybridized carbons (Fsp3) is 0.105. The van der Waals surface area contributed by atoms with Crippen molar-refractivity contribution in [2.24, 2.45) is 0 Å². The average molecular weight is 434 g/mol. The van der Waals surface area contributed by atoms with E-state index in [4.69, 9.17) is 32.7 Å². The van der Waals surface area contributed by atoms with Crippen LogP contribution < -0.4 is 14.8 Å². The van der Waals surface area contributed by atoms with Crippen LogP contribution in [0.4, 0.5) is 5.69 Å². The van der Waals surface area contributed by atoms with Crippen LogP contribution in [0, 0.1) is 0 Å². The van der Waals surface area contributed by atoms with Crippen molar-refractivity contribution < 1.29 is 14.3 Å². The summed E-state index contributed by atoms with van der Waals surface area (Å²) in [5, 5.41) is 12.7. The Morgan fingerprint density at radius 3 is 2.71 bits per heavy atom. The van der Waals surface area contributed by atoms with Crippen molar-refractivity contribution in [3.63, 3.8) is 0 Å². The normalized spacial score (nSPS) is 12.1. The number of amides is 1. The topological polar surface area (TPSA) is 73.3 Å². The summed E-state index contributed by atoms with van der Waals surface area (Å²) in [5.74, 6) is 1.36. The number of carbonyl (C=O) groups is 1. The van der Waals surface area contributed by atoms with Crippen molar-refractivity contribution in [2.45, 2.75) is 5.03 Å². The van der Waals surface area contributed by atoms with Crippen LogP contribution >= 0.6 is 35.0 Å². The van der Waals surface area contributed by atoms with Gasteiger partial charge in [0.25, 0.3) is 0 Å². The average Bonchev–Trinajstić information content (AvgIpc) is 3.17. The van der Waals surface area contributed by atoms with Gasteiger partial charge in [0.1, 0.15) is 5.03 Å². The van der Waals surface area contributed by atoms with E-state index in [0.29, 0.717) is 32.2 Å². The highest BCUT2D eigenvalue weighted by Gasteiger charge is 2.14. The molecule has 0 radical (unpaired) electrons. The second kappa shape index (κ2) is 8.26. The van der Waals surface area contributed by atoms with Gasteiger partial charge in [0.2, 0.25) is 12.7 Å². The van der Waals surface area contributed by atoms with Gasteiger partial charge in [-0.1, -0.05) is 35.0 Å². The van der Waals surface area contributed by atoms with Gasteiger partial charge in [0.15, 0.2) is 11.5 Å². The first kappa shape index (κ1) is 18.9. The van der Waals surface area contributed by atoms with E-state index >= 15 is 0 Å². The summed E-state index contributed by atoms with van der Waals surface area (Å²) in [5.41, 5.74) is 2.06. The lowest BCUT2D eigenvalue weighted by Crippen LogP contribution is -2.14. The Morgan fingerprint density at radius 1 is 1.04 bits per heavy atom. The van der Waals surface area contributed by atoms with Crippen LogP contribution in [-0.4, -0.2) is 28.7 Å². The lowest BCUT2D eigenvalue weighted by atomic mass is 10.1. The molecule has 2 heterocycles. The molecule has 0 aliphatic carbocycles. The summed E-state index contributed by atoms with van der Waals surface area (Å²) < 4.78 is 10.7. The minimum atomic E-state index is -0.212. The molecule has 0 saturated heterocycles. The van der Waals surface area contributed by atoms with Gasteiger partial charge in [-0.25, -0.2) is 0 Å². The van der Waals surface area contributed by atoms with Crippen LogP contribution in [0.1, 0.15) is 0 Å². The number of ether oxygens (including phenoxy) is 2. The number of nitrogens with one attached hydrogen (secondary N) is 1. The highest BCUT2D eigenvalue weighted by atomic mass is 35.5. The van der Waals surface area contributed by atoms with E-state index < -0.39 is 0 Å². The largest absolute Gasteiger partial charge is 0.454 e. The molecule has 0 unspecified atom stereocenters. The molecule has 2 aromatic carbocycles. The number of anilines is 1. The number of hydrogen-bond donors (Lipinski definition) is 1. The number of fused-ring (bicyclic) bond motifs is 1. The predicted octanol–water partition coefficient (Wildman–Crippen LogP) is 4.91. The first-order valence-corrected chi connectivity index (χ1v) is 9.94. The van der Waals surface area contributed by atoms with Crippen LogP contribution in [0.25, 0.3) is 11.3 Å². The molecule has 9 heteroatoms. The summed E-state index contributed by atoms with van der Waals surface area (Å²) in [7, 11) is 0. The standard InChI is InChI=1S/C19H13Cl2N3O3S/c20-12-2-3-13(21)15(8-12)22-18(25)9-28-19-6-4-14(23-24-19)11-1-5-16-17(7-11)27-10-26-16/h1-8H,9-10H2,(H,22,25). The zero-order chi connectivity index (χ0) is 19.5. The minimum Gasteiger partial charge on any atom is -0.454 e. The third kappa shape index (κ3) is 4.32. The Balaban J connectivity index is 1.37. The van der Waals surface area contributed by atoms with E-state index in [9.17, 15) is 4.79 Å². The maximum atomic E-state index is 12.1. The molecule has 4 rings (SSSR count). The van der Waals surface area contributed by atoms with Gasteiger partial charge >= 0.3 is 0 Å². The molecule has 0 bridgehead atoms. The maximum Gasteiger partial charge on any atom is 0.234 e. The first-order chi connectivity index (χ1) is 13.6. The summed E-state index contributed by atoms with van der Waals surface area (Å²) in [6.07, 6.45) is 0. The number of hydrogen-bond acceptors (Lipinski definition) is 6. The zero-order valence-electron chi connectivity index (χ0n) is 14.3. The molecule has 28 heavy (non-hydrogen) atoms. The number of benzene rings is 2. The molecule has 6 nitrogen and oxygen atoms in total. The van der Waals surface area contributed by atoms with Crippen molar-refractivity contribution >= 4 is 46.6 Å². The van der Waals surface area contributed by atoms with Crippen molar-refractivity contribution in [3.8, 4) is 22.8 Å². The van der Waals surface area contributed by atoms with E-state index in [2.05, 4.69) is 15.5 Å². The zero-order valence-corrected chi connectivity index (χ0v) is 16.6. The van der Waals surface area contributed by atoms with Crippen LogP contribution in [0.5, 0.6) is 11.5 Å². The van der Waals surface area contributed by atoms with Gasteiger partial charge in [-0.2, -0.15) is 0 Å². The molecule has 0 atom stereocenters. The van der Waals surface area contributed by atoms with Crippen LogP contribution in [0.3, 0.4) is 0 Å². The summed E-state index contributed by atoms with van der Waals surface area (Å²) in [6, 6.07) is 14.2. The molecule has 0 spiro atoms. The van der Waals surface area contributed by atoms with Gasteiger partial charge in [0.05, 0.1) is 22.2 Å². The molecule has 1 aromatic heterocycles. The van der Waals surface area contributed by atoms with E-state index in [0.717, 1.165) is 11.3 Å². The lowest BCUT2D eigenvalue weighted by Gasteiger charge is -2.07. The summed E-state index contributed by atoms with van der Waals surface area (Å²) in [6.45, 7) is 0.225. The van der Waals surface area contributed by atoms with Gasteiger partial charge in [0, 0.05) is 10.6 Å². The van der Waals surface area contributed by atoms with Gasteiger partial charge < -0.3 is 14.8 Å². The minimum absolute atomic E-state index is 0.168. The quantitative estimate of drug-likeness (QED) is 0.576. The van der Waals surface area contributed by atoms with E-state index in [1.54, 1.807) is 18.2 Å². The molecule has 1 aliphatic heterocycles. The molecular weight excluding hydrogens is 421 g/mol. The second-order valence-electron chi connectivity index (χ2n) is 5.79. The smallest absolute Gasteiger partial charge is 0.234 e. The van der Waals surface area contributed by atoms with Crippen LogP contribution in [-0.2, 0) is 4.79 Å². The van der Waals surface area contributed by atoms with E-state index in [-0.39, 0.29) is 18.5 Å². The number of nitrogens with zero attached hydrogens (tertiary/aromatic N) is 2. The Kier molecular flexibility index (Phi) is 5.57. The number of rotatable bonds is 5. The first-order valence-electron chi connectivity index (χ1n) is 8.20. The van der Waals surface area contributed by atoms with Crippen molar-refractivity contribution in [3.05, 3.63) is 58.6 Å². The number of thioether (sulfide) groups is 1. The molecule has 142 valence electrons. The van der Waals surface area contributed by atoms with Crippen molar-refractivity contribution in [1.29, 1.82) is 0 Å². The van der Waals surface area contributed by atoms with Gasteiger partial charge in [-0.15, -0.1) is 10.2 Å². The SMILES string of the molecule is O=C(CSc1ccc(-c2ccc3c(c2)OCO3)nn1)Nc1cc(Cl)ccc1Cl. The summed E-state index contributed by atoms with van der Waals surface area (Å²) >= 11 is 13.2. The molecule has 0 fully saturated rings. The molecule has 1 N–H and O–H groups in total. The van der Waals surface area contributed by atoms with Crippen molar-refractivity contribution in [2.75, 3.05) is 17.9 Å². The third-order valence-electron chi connectivity index (χ3n) is 3.86. The van der Waals surface area contributed by atoms with Gasteiger partial charge in [-0.3, -0.25) is 4.79 Å². The Hall–Kier alpha value is -2.48. The number of halogens is 2. The predicted molar refractivity (Wildman–Crippen MR) is 109 cm³/mol. The third-order valence-corrected chi connectivity index (χ3v) is 5.35. The van der Waals surface area contributed by atoms with E-state index in [1.807, 2.05) is 30.3 Å². The van der Waals surface area contributed by atoms with Crippen LogP contribution in [0.2, 0.25) is 10.0 Å². The fourth-order valence-corrected chi connectivity index (χ4v) is 3.48. The molecule has 1 aliphatic rings. The van der Waals surface area contributed by atoms with Crippen molar-refractivity contribution in [1.82, 2.24) is 10.2 Å². The monoisotopic (exact) mass is 433 g/mol. The maximum absolute atomic E-state index is 12.1. The van der Waals surface area contributed by atoms with Crippen LogP contribution in [0.15, 0.2) is 53.6 Å². The lowest BCUT2D eigenvalue weighted by molar-refractivity contribution is -0.113. The Bertz CT molecular complexity index is 1030. The number of carbonyl (C=O) groups excluding carboxylic acids is 1. The second-order valence-corrected chi connectivity index (χ2v) is 7.63. The summed E-state index contributed by atoms with van der Waals surface area (Å²) in [4.78, 5) is 12.1. The Morgan fingerprint density at radius 2 is 1.89 bits per heavy atom. The number of aromatic nitrogens is 2. The molecule has 1 amide bonds. The Labute approximate surface area is 175 Å². The highest BCUT2D eigenvalue weighted by Crippen LogP contribution is 2.35. The molecule has 3 aromatic rings.